The molecular formula is C18H20N6O2. The number of amides is 1. The first-order valence-corrected chi connectivity index (χ1v) is 8.44. The molecule has 3 aromatic heterocycles. The summed E-state index contributed by atoms with van der Waals surface area (Å²) in [6.45, 7) is 7.20. The van der Waals surface area contributed by atoms with Gasteiger partial charge in [-0.05, 0) is 39.0 Å². The Morgan fingerprint density at radius 1 is 1.15 bits per heavy atom. The molecule has 0 aliphatic carbocycles. The van der Waals surface area contributed by atoms with E-state index in [4.69, 9.17) is 5.10 Å². The number of carbonyl (C=O) groups excluding carboxylic acids is 1. The Morgan fingerprint density at radius 3 is 2.50 bits per heavy atom. The van der Waals surface area contributed by atoms with Crippen LogP contribution in [-0.2, 0) is 18.6 Å². The molecule has 1 N–H and O–H groups in total. The number of nitrogens with one attached hydrogen (secondary N) is 1. The summed E-state index contributed by atoms with van der Waals surface area (Å²) in [5, 5.41) is 10.9. The van der Waals surface area contributed by atoms with Gasteiger partial charge in [0.15, 0.2) is 0 Å². The van der Waals surface area contributed by atoms with Gasteiger partial charge in [-0.3, -0.25) is 9.59 Å². The highest BCUT2D eigenvalue weighted by molar-refractivity contribution is 5.92. The minimum absolute atomic E-state index is 0.181. The standard InChI is InChI=1S/C18H20N6O2/c1-18(2,3)24-16(22-8-4-5-9-22)12-10-23(11-14(12)21-24)17(26)13-6-7-15(25)20-19-13/h4-9H,10-11H2,1-3H3,(H,20,25). The number of hydrogen-bond acceptors (Lipinski definition) is 4. The molecule has 0 spiro atoms. The van der Waals surface area contributed by atoms with E-state index in [2.05, 4.69) is 31.0 Å². The van der Waals surface area contributed by atoms with E-state index in [-0.39, 0.29) is 22.7 Å². The maximum atomic E-state index is 12.7. The summed E-state index contributed by atoms with van der Waals surface area (Å²) in [5.74, 6) is 0.752. The van der Waals surface area contributed by atoms with Crippen molar-refractivity contribution in [3.05, 3.63) is 64.0 Å². The van der Waals surface area contributed by atoms with Crippen molar-refractivity contribution < 1.29 is 4.79 Å². The third kappa shape index (κ3) is 2.63. The Kier molecular flexibility index (Phi) is 3.57. The van der Waals surface area contributed by atoms with E-state index in [0.717, 1.165) is 17.1 Å². The summed E-state index contributed by atoms with van der Waals surface area (Å²) in [6.07, 6.45) is 3.96. The van der Waals surface area contributed by atoms with Crippen LogP contribution in [0.1, 0.15) is 42.5 Å². The summed E-state index contributed by atoms with van der Waals surface area (Å²) in [4.78, 5) is 25.5. The van der Waals surface area contributed by atoms with Crippen molar-refractivity contribution in [1.29, 1.82) is 0 Å². The highest BCUT2D eigenvalue weighted by Crippen LogP contribution is 2.32. The molecule has 3 aromatic rings. The SMILES string of the molecule is CC(C)(C)n1nc2c(c1-n1cccc1)CN(C(=O)c1ccc(=O)[nH]n1)C2. The number of aromatic nitrogens is 5. The first kappa shape index (κ1) is 16.3. The molecule has 8 nitrogen and oxygen atoms in total. The van der Waals surface area contributed by atoms with Gasteiger partial charge >= 0.3 is 0 Å². The van der Waals surface area contributed by atoms with Crippen LogP contribution in [0.25, 0.3) is 5.82 Å². The van der Waals surface area contributed by atoms with Crippen LogP contribution in [0.5, 0.6) is 0 Å². The van der Waals surface area contributed by atoms with Crippen LogP contribution in [0, 0.1) is 0 Å². The average Bonchev–Trinajstić information content (AvgIpc) is 3.29. The van der Waals surface area contributed by atoms with E-state index in [0.29, 0.717) is 13.1 Å². The summed E-state index contributed by atoms with van der Waals surface area (Å²) in [7, 11) is 0. The molecule has 0 atom stereocenters. The third-order valence-corrected chi connectivity index (χ3v) is 4.40. The second kappa shape index (κ2) is 5.69. The van der Waals surface area contributed by atoms with Gasteiger partial charge < -0.3 is 9.47 Å². The van der Waals surface area contributed by atoms with E-state index >= 15 is 0 Å². The molecule has 0 aromatic carbocycles. The second-order valence-corrected chi connectivity index (χ2v) is 7.39. The van der Waals surface area contributed by atoms with Crippen LogP contribution in [0.2, 0.25) is 0 Å². The van der Waals surface area contributed by atoms with Crippen molar-refractivity contribution in [3.63, 3.8) is 0 Å². The highest BCUT2D eigenvalue weighted by Gasteiger charge is 2.34. The second-order valence-electron chi connectivity index (χ2n) is 7.39. The summed E-state index contributed by atoms with van der Waals surface area (Å²) < 4.78 is 4.04. The zero-order valence-corrected chi connectivity index (χ0v) is 14.9. The van der Waals surface area contributed by atoms with E-state index in [1.165, 1.54) is 12.1 Å². The normalized spacial score (nSPS) is 13.9. The van der Waals surface area contributed by atoms with Gasteiger partial charge in [0.25, 0.3) is 11.5 Å². The van der Waals surface area contributed by atoms with Crippen LogP contribution in [0.3, 0.4) is 0 Å². The predicted molar refractivity (Wildman–Crippen MR) is 95.0 cm³/mol. The molecule has 0 radical (unpaired) electrons. The minimum Gasteiger partial charge on any atom is -0.327 e. The number of hydrogen-bond donors (Lipinski definition) is 1. The molecule has 4 rings (SSSR count). The fraction of sp³-hybridized carbons (Fsp3) is 0.333. The molecule has 26 heavy (non-hydrogen) atoms. The fourth-order valence-electron chi connectivity index (χ4n) is 3.18. The first-order chi connectivity index (χ1) is 12.3. The number of rotatable bonds is 2. The Hall–Kier alpha value is -3.16. The fourth-order valence-corrected chi connectivity index (χ4v) is 3.18. The predicted octanol–water partition coefficient (Wildman–Crippen LogP) is 1.67. The molecular weight excluding hydrogens is 332 g/mol. The van der Waals surface area contributed by atoms with Gasteiger partial charge in [-0.2, -0.15) is 10.2 Å². The molecule has 0 unspecified atom stereocenters. The molecule has 1 aliphatic rings. The Bertz CT molecular complexity index is 1000. The molecule has 0 bridgehead atoms. The molecule has 0 saturated heterocycles. The smallest absolute Gasteiger partial charge is 0.274 e. The number of fused-ring (bicyclic) bond motifs is 1. The minimum atomic E-state index is -0.331. The van der Waals surface area contributed by atoms with Crippen molar-refractivity contribution >= 4 is 5.91 Å². The van der Waals surface area contributed by atoms with Crippen molar-refractivity contribution in [3.8, 4) is 5.82 Å². The van der Waals surface area contributed by atoms with Crippen molar-refractivity contribution in [2.24, 2.45) is 0 Å². The van der Waals surface area contributed by atoms with Gasteiger partial charge in [0.1, 0.15) is 11.5 Å². The Labute approximate surface area is 150 Å². The molecule has 4 heterocycles. The largest absolute Gasteiger partial charge is 0.327 e. The van der Waals surface area contributed by atoms with Crippen molar-refractivity contribution in [2.75, 3.05) is 0 Å². The van der Waals surface area contributed by atoms with E-state index < -0.39 is 0 Å². The van der Waals surface area contributed by atoms with E-state index in [1.807, 2.05) is 33.8 Å². The number of nitrogens with zero attached hydrogens (tertiary/aromatic N) is 5. The number of H-pyrrole nitrogens is 1. The van der Waals surface area contributed by atoms with Crippen molar-refractivity contribution in [2.45, 2.75) is 39.4 Å². The van der Waals surface area contributed by atoms with E-state index in [9.17, 15) is 9.59 Å². The third-order valence-electron chi connectivity index (χ3n) is 4.40. The van der Waals surface area contributed by atoms with Crippen LogP contribution in [0.15, 0.2) is 41.5 Å². The molecule has 1 amide bonds. The van der Waals surface area contributed by atoms with Gasteiger partial charge in [0, 0.05) is 24.0 Å². The zero-order chi connectivity index (χ0) is 18.5. The maximum absolute atomic E-state index is 12.7. The van der Waals surface area contributed by atoms with Gasteiger partial charge in [-0.25, -0.2) is 9.78 Å². The lowest BCUT2D eigenvalue weighted by Crippen LogP contribution is -2.30. The lowest BCUT2D eigenvalue weighted by molar-refractivity contribution is 0.0741. The quantitative estimate of drug-likeness (QED) is 0.760. The molecule has 134 valence electrons. The molecule has 0 fully saturated rings. The van der Waals surface area contributed by atoms with Gasteiger partial charge in [0.05, 0.1) is 24.3 Å². The summed E-state index contributed by atoms with van der Waals surface area (Å²) in [6, 6.07) is 6.68. The Balaban J connectivity index is 1.71. The molecule has 8 heteroatoms. The monoisotopic (exact) mass is 352 g/mol. The zero-order valence-electron chi connectivity index (χ0n) is 14.9. The highest BCUT2D eigenvalue weighted by atomic mass is 16.2. The van der Waals surface area contributed by atoms with Gasteiger partial charge in [-0.1, -0.05) is 0 Å². The molecule has 1 aliphatic heterocycles. The van der Waals surface area contributed by atoms with Crippen LogP contribution >= 0.6 is 0 Å². The number of carbonyl (C=O) groups is 1. The van der Waals surface area contributed by atoms with Gasteiger partial charge in [0.2, 0.25) is 0 Å². The number of aromatic amines is 1. The lowest BCUT2D eigenvalue weighted by atomic mass is 10.1. The molecule has 0 saturated carbocycles. The average molecular weight is 352 g/mol. The topological polar surface area (TPSA) is 88.8 Å². The summed E-state index contributed by atoms with van der Waals surface area (Å²) in [5.41, 5.74) is 1.64. The van der Waals surface area contributed by atoms with Crippen molar-refractivity contribution in [1.82, 2.24) is 29.4 Å². The maximum Gasteiger partial charge on any atom is 0.274 e. The van der Waals surface area contributed by atoms with E-state index in [1.54, 1.807) is 4.90 Å². The first-order valence-electron chi connectivity index (χ1n) is 8.44. The summed E-state index contributed by atoms with van der Waals surface area (Å²) >= 11 is 0. The van der Waals surface area contributed by atoms with Crippen LogP contribution < -0.4 is 5.56 Å². The van der Waals surface area contributed by atoms with Gasteiger partial charge in [-0.15, -0.1) is 0 Å². The van der Waals surface area contributed by atoms with Crippen LogP contribution in [-0.4, -0.2) is 35.4 Å². The van der Waals surface area contributed by atoms with Crippen LogP contribution in [0.4, 0.5) is 0 Å². The Morgan fingerprint density at radius 2 is 1.88 bits per heavy atom. The lowest BCUT2D eigenvalue weighted by Gasteiger charge is -2.24.